The highest BCUT2D eigenvalue weighted by Crippen LogP contribution is 2.45. The molecule has 0 radical (unpaired) electrons. The van der Waals surface area contributed by atoms with Crippen LogP contribution in [0.1, 0.15) is 6.42 Å². The third kappa shape index (κ3) is 1.72. The molecule has 1 fully saturated rings. The molecule has 2 aliphatic carbocycles. The maximum Gasteiger partial charge on any atom is 0.306 e. The molecule has 2 heteroatoms. The minimum Gasteiger partial charge on any atom is -0.481 e. The monoisotopic (exact) mass is 176 g/mol. The van der Waals surface area contributed by atoms with Crippen molar-refractivity contribution in [1.82, 2.24) is 0 Å². The van der Waals surface area contributed by atoms with Gasteiger partial charge in [0, 0.05) is 0 Å². The first kappa shape index (κ1) is 8.30. The van der Waals surface area contributed by atoms with Crippen molar-refractivity contribution in [2.24, 2.45) is 17.8 Å². The highest BCUT2D eigenvalue weighted by atomic mass is 16.4. The molecule has 0 heterocycles. The van der Waals surface area contributed by atoms with Crippen LogP contribution in [-0.2, 0) is 4.79 Å². The Bertz CT molecular complexity index is 283. The smallest absolute Gasteiger partial charge is 0.306 e. The van der Waals surface area contributed by atoms with Gasteiger partial charge in [-0.25, -0.2) is 0 Å². The van der Waals surface area contributed by atoms with Crippen molar-refractivity contribution in [2.75, 3.05) is 0 Å². The van der Waals surface area contributed by atoms with Gasteiger partial charge in [-0.15, -0.1) is 0 Å². The van der Waals surface area contributed by atoms with Gasteiger partial charge in [0.1, 0.15) is 0 Å². The van der Waals surface area contributed by atoms with Gasteiger partial charge < -0.3 is 5.11 Å². The van der Waals surface area contributed by atoms with E-state index >= 15 is 0 Å². The molecule has 2 nitrogen and oxygen atoms in total. The standard InChI is InChI=1S/C11H12O2/c12-11(13)10-7-9(10)8-5-3-1-2-4-6-8/h1-6,8-10H,7H2,(H,12,13). The van der Waals surface area contributed by atoms with Crippen LogP contribution in [0.25, 0.3) is 0 Å². The fourth-order valence-electron chi connectivity index (χ4n) is 1.79. The molecular formula is C11H12O2. The fourth-order valence-corrected chi connectivity index (χ4v) is 1.79. The Morgan fingerprint density at radius 2 is 1.77 bits per heavy atom. The number of rotatable bonds is 2. The van der Waals surface area contributed by atoms with Crippen molar-refractivity contribution in [3.05, 3.63) is 36.5 Å². The van der Waals surface area contributed by atoms with Crippen molar-refractivity contribution in [3.8, 4) is 0 Å². The Morgan fingerprint density at radius 1 is 1.15 bits per heavy atom. The SMILES string of the molecule is O=C(O)C1CC1C1C=CC=CC=C1. The van der Waals surface area contributed by atoms with E-state index in [0.717, 1.165) is 6.42 Å². The molecule has 0 bridgehead atoms. The molecule has 13 heavy (non-hydrogen) atoms. The van der Waals surface area contributed by atoms with Crippen LogP contribution < -0.4 is 0 Å². The van der Waals surface area contributed by atoms with Crippen LogP contribution in [0, 0.1) is 17.8 Å². The molecule has 2 aliphatic rings. The summed E-state index contributed by atoms with van der Waals surface area (Å²) in [6.07, 6.45) is 12.9. The van der Waals surface area contributed by atoms with Gasteiger partial charge in [0.25, 0.3) is 0 Å². The molecular weight excluding hydrogens is 164 g/mol. The molecule has 0 aliphatic heterocycles. The van der Waals surface area contributed by atoms with E-state index in [0.29, 0.717) is 11.8 Å². The van der Waals surface area contributed by atoms with Gasteiger partial charge in [0.05, 0.1) is 5.92 Å². The lowest BCUT2D eigenvalue weighted by atomic mass is 10.0. The van der Waals surface area contributed by atoms with E-state index in [4.69, 9.17) is 5.11 Å². The first-order valence-electron chi connectivity index (χ1n) is 4.53. The van der Waals surface area contributed by atoms with E-state index in [9.17, 15) is 4.79 Å². The first-order valence-corrected chi connectivity index (χ1v) is 4.53. The lowest BCUT2D eigenvalue weighted by molar-refractivity contribution is -0.138. The molecule has 1 N–H and O–H groups in total. The Balaban J connectivity index is 2.00. The topological polar surface area (TPSA) is 37.3 Å². The third-order valence-corrected chi connectivity index (χ3v) is 2.65. The van der Waals surface area contributed by atoms with Crippen LogP contribution in [0.2, 0.25) is 0 Å². The van der Waals surface area contributed by atoms with Crippen molar-refractivity contribution in [2.45, 2.75) is 6.42 Å². The summed E-state index contributed by atoms with van der Waals surface area (Å²) in [4.78, 5) is 10.6. The van der Waals surface area contributed by atoms with E-state index in [1.807, 2.05) is 24.3 Å². The summed E-state index contributed by atoms with van der Waals surface area (Å²) in [6, 6.07) is 0. The van der Waals surface area contributed by atoms with Crippen LogP contribution >= 0.6 is 0 Å². The zero-order chi connectivity index (χ0) is 9.26. The van der Waals surface area contributed by atoms with Crippen LogP contribution in [0.15, 0.2) is 36.5 Å². The van der Waals surface area contributed by atoms with Gasteiger partial charge in [0.2, 0.25) is 0 Å². The zero-order valence-electron chi connectivity index (χ0n) is 7.26. The quantitative estimate of drug-likeness (QED) is 0.698. The predicted molar refractivity (Wildman–Crippen MR) is 50.1 cm³/mol. The van der Waals surface area contributed by atoms with E-state index in [1.54, 1.807) is 0 Å². The van der Waals surface area contributed by atoms with Crippen molar-refractivity contribution >= 4 is 5.97 Å². The second kappa shape index (κ2) is 3.21. The molecule has 2 unspecified atom stereocenters. The van der Waals surface area contributed by atoms with Gasteiger partial charge in [-0.3, -0.25) is 4.79 Å². The summed E-state index contributed by atoms with van der Waals surface area (Å²) in [6.45, 7) is 0. The summed E-state index contributed by atoms with van der Waals surface area (Å²) in [5.74, 6) is -0.123. The van der Waals surface area contributed by atoms with Crippen LogP contribution in [-0.4, -0.2) is 11.1 Å². The van der Waals surface area contributed by atoms with Crippen LogP contribution in [0.4, 0.5) is 0 Å². The fraction of sp³-hybridized carbons (Fsp3) is 0.364. The molecule has 0 amide bonds. The zero-order valence-corrected chi connectivity index (χ0v) is 7.26. The highest BCUT2D eigenvalue weighted by Gasteiger charge is 2.46. The first-order chi connectivity index (χ1) is 6.29. The number of carbonyl (C=O) groups is 1. The minimum absolute atomic E-state index is 0.114. The van der Waals surface area contributed by atoms with E-state index in [-0.39, 0.29) is 5.92 Å². The molecule has 68 valence electrons. The van der Waals surface area contributed by atoms with Gasteiger partial charge >= 0.3 is 5.97 Å². The molecule has 2 rings (SSSR count). The normalized spacial score (nSPS) is 31.7. The van der Waals surface area contributed by atoms with Crippen molar-refractivity contribution in [1.29, 1.82) is 0 Å². The average molecular weight is 176 g/mol. The maximum atomic E-state index is 10.6. The predicted octanol–water partition coefficient (Wildman–Crippen LogP) is 2.01. The molecule has 0 aromatic rings. The molecule has 1 saturated carbocycles. The summed E-state index contributed by atoms with van der Waals surface area (Å²) >= 11 is 0. The van der Waals surface area contributed by atoms with E-state index in [2.05, 4.69) is 12.2 Å². The van der Waals surface area contributed by atoms with Gasteiger partial charge in [0.15, 0.2) is 0 Å². The number of hydrogen-bond acceptors (Lipinski definition) is 1. The lowest BCUT2D eigenvalue weighted by Gasteiger charge is -2.03. The third-order valence-electron chi connectivity index (χ3n) is 2.65. The van der Waals surface area contributed by atoms with E-state index < -0.39 is 5.97 Å². The minimum atomic E-state index is -0.649. The van der Waals surface area contributed by atoms with Gasteiger partial charge in [-0.05, 0) is 18.3 Å². The number of carboxylic acid groups (broad SMARTS) is 1. The second-order valence-corrected chi connectivity index (χ2v) is 3.58. The number of hydrogen-bond donors (Lipinski definition) is 1. The molecule has 0 spiro atoms. The largest absolute Gasteiger partial charge is 0.481 e. The number of aliphatic carboxylic acids is 1. The van der Waals surface area contributed by atoms with Crippen LogP contribution in [0.5, 0.6) is 0 Å². The van der Waals surface area contributed by atoms with Gasteiger partial charge in [-0.2, -0.15) is 0 Å². The Labute approximate surface area is 77.3 Å². The molecule has 2 atom stereocenters. The number of carboxylic acids is 1. The lowest BCUT2D eigenvalue weighted by Crippen LogP contribution is -2.04. The summed E-state index contributed by atoms with van der Waals surface area (Å²) in [5, 5.41) is 8.76. The van der Waals surface area contributed by atoms with Crippen LogP contribution in [0.3, 0.4) is 0 Å². The molecule has 0 aromatic heterocycles. The Hall–Kier alpha value is -1.31. The molecule has 0 aromatic carbocycles. The summed E-state index contributed by atoms with van der Waals surface area (Å²) in [5.41, 5.74) is 0. The van der Waals surface area contributed by atoms with Crippen molar-refractivity contribution in [3.63, 3.8) is 0 Å². The Kier molecular flexibility index (Phi) is 2.05. The maximum absolute atomic E-state index is 10.6. The highest BCUT2D eigenvalue weighted by molar-refractivity contribution is 5.73. The second-order valence-electron chi connectivity index (χ2n) is 3.58. The molecule has 0 saturated heterocycles. The van der Waals surface area contributed by atoms with Crippen molar-refractivity contribution < 1.29 is 9.90 Å². The van der Waals surface area contributed by atoms with Gasteiger partial charge in [-0.1, -0.05) is 36.5 Å². The number of allylic oxidation sites excluding steroid dienone is 6. The summed E-state index contributed by atoms with van der Waals surface area (Å²) in [7, 11) is 0. The average Bonchev–Trinajstić information content (AvgIpc) is 2.89. The Morgan fingerprint density at radius 3 is 2.23 bits per heavy atom. The summed E-state index contributed by atoms with van der Waals surface area (Å²) < 4.78 is 0. The van der Waals surface area contributed by atoms with E-state index in [1.165, 1.54) is 0 Å².